The lowest BCUT2D eigenvalue weighted by Crippen LogP contribution is -2.12. The van der Waals surface area contributed by atoms with Crippen molar-refractivity contribution in [2.75, 3.05) is 5.32 Å². The van der Waals surface area contributed by atoms with E-state index in [0.717, 1.165) is 22.4 Å². The highest BCUT2D eigenvalue weighted by molar-refractivity contribution is 5.84. The maximum atomic E-state index is 13.2. The standard InChI is InChI=1S/C25H21N3O2/c1-15-11-21(17(3)28-20-10-9-19(13-26)27-14-20)25-22(12-15)23(29)16(2)24(30-25)18-7-5-4-6-8-18/h4-12,14,17,28H,1-3H3/t17-/m1/s1. The van der Waals surface area contributed by atoms with E-state index in [1.165, 1.54) is 0 Å². The van der Waals surface area contributed by atoms with E-state index in [1.54, 1.807) is 19.2 Å². The molecule has 0 aliphatic rings. The van der Waals surface area contributed by atoms with Crippen molar-refractivity contribution >= 4 is 16.7 Å². The minimum Gasteiger partial charge on any atom is -0.455 e. The monoisotopic (exact) mass is 395 g/mol. The highest BCUT2D eigenvalue weighted by Gasteiger charge is 2.19. The number of aryl methyl sites for hydroxylation is 1. The average molecular weight is 395 g/mol. The summed E-state index contributed by atoms with van der Waals surface area (Å²) in [4.78, 5) is 17.3. The molecule has 0 radical (unpaired) electrons. The Bertz CT molecular complexity index is 1320. The van der Waals surface area contributed by atoms with Crippen LogP contribution in [0.2, 0.25) is 0 Å². The SMILES string of the molecule is Cc1cc([C@@H](C)Nc2ccc(C#N)nc2)c2oc(-c3ccccc3)c(C)c(=O)c2c1. The summed E-state index contributed by atoms with van der Waals surface area (Å²) in [5, 5.41) is 12.9. The van der Waals surface area contributed by atoms with Crippen molar-refractivity contribution in [2.24, 2.45) is 0 Å². The third-order valence-electron chi connectivity index (χ3n) is 5.16. The van der Waals surface area contributed by atoms with E-state index in [4.69, 9.17) is 9.68 Å². The lowest BCUT2D eigenvalue weighted by Gasteiger charge is -2.18. The number of hydrogen-bond donors (Lipinski definition) is 1. The first-order valence-corrected chi connectivity index (χ1v) is 9.74. The molecule has 5 nitrogen and oxygen atoms in total. The zero-order valence-electron chi connectivity index (χ0n) is 17.1. The fourth-order valence-corrected chi connectivity index (χ4v) is 3.63. The molecule has 0 spiro atoms. The predicted octanol–water partition coefficient (Wildman–Crippen LogP) is 5.52. The molecule has 2 aromatic carbocycles. The molecule has 0 amide bonds. The molecule has 5 heteroatoms. The molecule has 0 bridgehead atoms. The highest BCUT2D eigenvalue weighted by Crippen LogP contribution is 2.31. The zero-order chi connectivity index (χ0) is 21.3. The Morgan fingerprint density at radius 1 is 1.10 bits per heavy atom. The molecule has 0 aliphatic heterocycles. The van der Waals surface area contributed by atoms with E-state index in [2.05, 4.69) is 10.3 Å². The lowest BCUT2D eigenvalue weighted by molar-refractivity contribution is 0.605. The van der Waals surface area contributed by atoms with Crippen molar-refractivity contribution in [3.63, 3.8) is 0 Å². The number of pyridine rings is 1. The number of nitrogens with one attached hydrogen (secondary N) is 1. The number of anilines is 1. The van der Waals surface area contributed by atoms with Crippen LogP contribution in [0.1, 0.15) is 35.3 Å². The molecule has 0 saturated carbocycles. The number of nitrogens with zero attached hydrogens (tertiary/aromatic N) is 2. The molecule has 2 heterocycles. The molecule has 0 aliphatic carbocycles. The molecule has 148 valence electrons. The van der Waals surface area contributed by atoms with Gasteiger partial charge < -0.3 is 9.73 Å². The Morgan fingerprint density at radius 2 is 1.87 bits per heavy atom. The van der Waals surface area contributed by atoms with Crippen molar-refractivity contribution in [3.05, 3.63) is 93.4 Å². The van der Waals surface area contributed by atoms with Crippen LogP contribution in [0.5, 0.6) is 0 Å². The number of aromatic nitrogens is 1. The zero-order valence-corrected chi connectivity index (χ0v) is 17.1. The van der Waals surface area contributed by atoms with Gasteiger partial charge in [-0.2, -0.15) is 5.26 Å². The van der Waals surface area contributed by atoms with E-state index >= 15 is 0 Å². The number of benzene rings is 2. The molecule has 1 N–H and O–H groups in total. The predicted molar refractivity (Wildman–Crippen MR) is 118 cm³/mol. The van der Waals surface area contributed by atoms with Gasteiger partial charge in [0.25, 0.3) is 0 Å². The first-order valence-electron chi connectivity index (χ1n) is 9.74. The van der Waals surface area contributed by atoms with Crippen LogP contribution in [0.3, 0.4) is 0 Å². The fraction of sp³-hybridized carbons (Fsp3) is 0.160. The van der Waals surface area contributed by atoms with Crippen LogP contribution in [0.25, 0.3) is 22.3 Å². The molecule has 0 fully saturated rings. The second kappa shape index (κ2) is 7.84. The van der Waals surface area contributed by atoms with Crippen LogP contribution >= 0.6 is 0 Å². The number of hydrogen-bond acceptors (Lipinski definition) is 5. The quantitative estimate of drug-likeness (QED) is 0.492. The van der Waals surface area contributed by atoms with Gasteiger partial charge in [-0.05, 0) is 44.5 Å². The summed E-state index contributed by atoms with van der Waals surface area (Å²) in [6.45, 7) is 5.78. The number of rotatable bonds is 4. The summed E-state index contributed by atoms with van der Waals surface area (Å²) in [7, 11) is 0. The van der Waals surface area contributed by atoms with Gasteiger partial charge in [0.1, 0.15) is 23.1 Å². The van der Waals surface area contributed by atoms with Crippen molar-refractivity contribution in [3.8, 4) is 17.4 Å². The molecule has 4 rings (SSSR count). The van der Waals surface area contributed by atoms with Crippen molar-refractivity contribution in [1.29, 1.82) is 5.26 Å². The summed E-state index contributed by atoms with van der Waals surface area (Å²) in [6.07, 6.45) is 1.63. The normalized spacial score (nSPS) is 11.8. The second-order valence-electron chi connectivity index (χ2n) is 7.39. The molecule has 1 atom stereocenters. The Balaban J connectivity index is 1.85. The van der Waals surface area contributed by atoms with E-state index in [1.807, 2.05) is 68.4 Å². The summed E-state index contributed by atoms with van der Waals surface area (Å²) < 4.78 is 6.34. The maximum Gasteiger partial charge on any atom is 0.196 e. The first kappa shape index (κ1) is 19.4. The Kier molecular flexibility index (Phi) is 5.07. The lowest BCUT2D eigenvalue weighted by atomic mass is 9.99. The molecular weight excluding hydrogens is 374 g/mol. The van der Waals surface area contributed by atoms with Gasteiger partial charge in [-0.15, -0.1) is 0 Å². The molecule has 4 aromatic rings. The summed E-state index contributed by atoms with van der Waals surface area (Å²) >= 11 is 0. The average Bonchev–Trinajstić information content (AvgIpc) is 2.77. The molecular formula is C25H21N3O2. The molecule has 30 heavy (non-hydrogen) atoms. The highest BCUT2D eigenvalue weighted by atomic mass is 16.3. The van der Waals surface area contributed by atoms with Crippen LogP contribution < -0.4 is 10.7 Å². The van der Waals surface area contributed by atoms with Gasteiger partial charge in [-0.25, -0.2) is 4.98 Å². The Hall–Kier alpha value is -3.91. The van der Waals surface area contributed by atoms with Gasteiger partial charge in [0, 0.05) is 16.7 Å². The summed E-state index contributed by atoms with van der Waals surface area (Å²) in [5.74, 6) is 0.588. The van der Waals surface area contributed by atoms with E-state index < -0.39 is 0 Å². The van der Waals surface area contributed by atoms with Crippen LogP contribution in [0.4, 0.5) is 5.69 Å². The number of fused-ring (bicyclic) bond motifs is 1. The Morgan fingerprint density at radius 3 is 2.53 bits per heavy atom. The van der Waals surface area contributed by atoms with Gasteiger partial charge in [-0.3, -0.25) is 4.79 Å². The third kappa shape index (κ3) is 3.56. The molecule has 0 saturated heterocycles. The van der Waals surface area contributed by atoms with Crippen LogP contribution in [0.15, 0.2) is 70.0 Å². The first-order chi connectivity index (χ1) is 14.5. The van der Waals surface area contributed by atoms with Gasteiger partial charge in [-0.1, -0.05) is 36.4 Å². The minimum absolute atomic E-state index is 0.0210. The van der Waals surface area contributed by atoms with Crippen molar-refractivity contribution in [1.82, 2.24) is 4.98 Å². The summed E-state index contributed by atoms with van der Waals surface area (Å²) in [5.41, 5.74) is 5.06. The van der Waals surface area contributed by atoms with Gasteiger partial charge >= 0.3 is 0 Å². The largest absolute Gasteiger partial charge is 0.455 e. The minimum atomic E-state index is -0.142. The number of nitriles is 1. The topological polar surface area (TPSA) is 78.9 Å². The Labute approximate surface area is 174 Å². The van der Waals surface area contributed by atoms with Crippen molar-refractivity contribution < 1.29 is 4.42 Å². The molecule has 0 unspecified atom stereocenters. The smallest absolute Gasteiger partial charge is 0.196 e. The van der Waals surface area contributed by atoms with Gasteiger partial charge in [0.05, 0.1) is 23.3 Å². The van der Waals surface area contributed by atoms with E-state index in [9.17, 15) is 4.79 Å². The van der Waals surface area contributed by atoms with Gasteiger partial charge in [0.2, 0.25) is 0 Å². The third-order valence-corrected chi connectivity index (χ3v) is 5.16. The second-order valence-corrected chi connectivity index (χ2v) is 7.39. The molecule has 2 aromatic heterocycles. The van der Waals surface area contributed by atoms with Crippen LogP contribution in [-0.2, 0) is 0 Å². The van der Waals surface area contributed by atoms with Gasteiger partial charge in [0.15, 0.2) is 5.43 Å². The van der Waals surface area contributed by atoms with Crippen molar-refractivity contribution in [2.45, 2.75) is 26.8 Å². The van der Waals surface area contributed by atoms with E-state index in [-0.39, 0.29) is 11.5 Å². The van der Waals surface area contributed by atoms with E-state index in [0.29, 0.717) is 28.0 Å². The summed E-state index contributed by atoms with van der Waals surface area (Å²) in [6, 6.07) is 18.9. The fourth-order valence-electron chi connectivity index (χ4n) is 3.63. The van der Waals surface area contributed by atoms with Crippen LogP contribution in [0, 0.1) is 25.2 Å². The van der Waals surface area contributed by atoms with Crippen LogP contribution in [-0.4, -0.2) is 4.98 Å². The maximum absolute atomic E-state index is 13.2.